The van der Waals surface area contributed by atoms with Gasteiger partial charge >= 0.3 is 0 Å². The Bertz CT molecular complexity index is 1430. The highest BCUT2D eigenvalue weighted by molar-refractivity contribution is 7.89. The summed E-state index contributed by atoms with van der Waals surface area (Å²) in [5.41, 5.74) is 4.11. The number of carbonyl (C=O) groups excluding carboxylic acids is 1. The summed E-state index contributed by atoms with van der Waals surface area (Å²) in [6.07, 6.45) is 0.707. The second-order valence-corrected chi connectivity index (χ2v) is 10.8. The molecule has 0 aliphatic carbocycles. The van der Waals surface area contributed by atoms with Crippen LogP contribution in [-0.4, -0.2) is 41.6 Å². The first-order valence-corrected chi connectivity index (χ1v) is 12.9. The van der Waals surface area contributed by atoms with Gasteiger partial charge in [0.2, 0.25) is 15.9 Å². The van der Waals surface area contributed by atoms with Gasteiger partial charge in [-0.05, 0) is 35.9 Å². The van der Waals surface area contributed by atoms with Crippen molar-refractivity contribution in [2.75, 3.05) is 13.1 Å². The Labute approximate surface area is 203 Å². The number of aromatic nitrogens is 1. The minimum atomic E-state index is -3.91. The molecule has 8 heteroatoms. The van der Waals surface area contributed by atoms with E-state index in [1.165, 1.54) is 16.4 Å². The lowest BCUT2D eigenvalue weighted by Gasteiger charge is -2.30. The second kappa shape index (κ2) is 9.25. The molecule has 2 heterocycles. The van der Waals surface area contributed by atoms with Crippen molar-refractivity contribution in [3.8, 4) is 0 Å². The van der Waals surface area contributed by atoms with Crippen molar-refractivity contribution in [2.45, 2.75) is 24.4 Å². The number of halogens is 1. The number of nitrogens with one attached hydrogen (secondary N) is 1. The maximum atomic E-state index is 13.5. The van der Waals surface area contributed by atoms with Crippen LogP contribution >= 0.6 is 11.6 Å². The third-order valence-corrected chi connectivity index (χ3v) is 8.26. The van der Waals surface area contributed by atoms with Crippen molar-refractivity contribution in [1.29, 1.82) is 0 Å². The van der Waals surface area contributed by atoms with Gasteiger partial charge in [0, 0.05) is 53.2 Å². The van der Waals surface area contributed by atoms with E-state index in [4.69, 9.17) is 11.6 Å². The van der Waals surface area contributed by atoms with E-state index in [9.17, 15) is 13.2 Å². The van der Waals surface area contributed by atoms with Crippen LogP contribution in [-0.2, 0) is 34.3 Å². The maximum absolute atomic E-state index is 13.5. The molecule has 1 aromatic heterocycles. The zero-order valence-electron chi connectivity index (χ0n) is 18.4. The molecular weight excluding hydrogens is 470 g/mol. The highest BCUT2D eigenvalue weighted by atomic mass is 35.5. The number of carbonyl (C=O) groups is 1. The molecule has 4 aromatic rings. The molecular formula is C26H24ClN3O3S. The molecule has 174 valence electrons. The first kappa shape index (κ1) is 22.7. The van der Waals surface area contributed by atoms with Crippen molar-refractivity contribution < 1.29 is 13.2 Å². The summed E-state index contributed by atoms with van der Waals surface area (Å²) in [7, 11) is -3.91. The predicted molar refractivity (Wildman–Crippen MR) is 133 cm³/mol. The summed E-state index contributed by atoms with van der Waals surface area (Å²) in [6.45, 7) is 0.860. The molecule has 0 bridgehead atoms. The van der Waals surface area contributed by atoms with Crippen LogP contribution in [0.15, 0.2) is 83.8 Å². The van der Waals surface area contributed by atoms with Crippen LogP contribution in [0.2, 0.25) is 5.02 Å². The number of benzene rings is 3. The highest BCUT2D eigenvalue weighted by Crippen LogP contribution is 2.28. The van der Waals surface area contributed by atoms with Crippen molar-refractivity contribution in [3.63, 3.8) is 0 Å². The number of para-hydroxylation sites is 1. The van der Waals surface area contributed by atoms with Crippen LogP contribution < -0.4 is 0 Å². The van der Waals surface area contributed by atoms with Crippen molar-refractivity contribution in [2.24, 2.45) is 0 Å². The number of fused-ring (bicyclic) bond motifs is 3. The van der Waals surface area contributed by atoms with Crippen LogP contribution in [0.3, 0.4) is 0 Å². The van der Waals surface area contributed by atoms with E-state index in [0.29, 0.717) is 24.5 Å². The molecule has 5 rings (SSSR count). The molecule has 0 saturated carbocycles. The number of nitrogens with zero attached hydrogens (tertiary/aromatic N) is 2. The zero-order chi connectivity index (χ0) is 23.7. The van der Waals surface area contributed by atoms with Crippen molar-refractivity contribution >= 4 is 38.4 Å². The lowest BCUT2D eigenvalue weighted by atomic mass is 10.0. The number of H-pyrrole nitrogens is 1. The first-order valence-electron chi connectivity index (χ1n) is 11.1. The van der Waals surface area contributed by atoms with E-state index in [1.807, 2.05) is 54.6 Å². The van der Waals surface area contributed by atoms with E-state index >= 15 is 0 Å². The van der Waals surface area contributed by atoms with Gasteiger partial charge in [-0.3, -0.25) is 4.79 Å². The molecule has 0 fully saturated rings. The highest BCUT2D eigenvalue weighted by Gasteiger charge is 2.30. The van der Waals surface area contributed by atoms with Crippen LogP contribution in [0.5, 0.6) is 0 Å². The van der Waals surface area contributed by atoms with Gasteiger partial charge in [0.25, 0.3) is 0 Å². The maximum Gasteiger partial charge on any atom is 0.243 e. The topological polar surface area (TPSA) is 73.5 Å². The molecule has 1 N–H and O–H groups in total. The van der Waals surface area contributed by atoms with E-state index in [1.54, 1.807) is 17.0 Å². The van der Waals surface area contributed by atoms with Gasteiger partial charge in [0.05, 0.1) is 11.4 Å². The van der Waals surface area contributed by atoms with Gasteiger partial charge in [0.1, 0.15) is 0 Å². The van der Waals surface area contributed by atoms with E-state index in [2.05, 4.69) is 4.98 Å². The van der Waals surface area contributed by atoms with Gasteiger partial charge in [-0.25, -0.2) is 8.42 Å². The number of aromatic amines is 1. The molecule has 1 aliphatic rings. The number of amides is 1. The standard InChI is InChI=1S/C26H24ClN3O3S/c27-20-10-12-21(13-11-20)34(32,33)30(16-19-6-2-1-3-7-19)18-26(31)29-15-14-25-23(17-29)22-8-4-5-9-24(22)28-25/h1-13,28H,14-18H2. The quantitative estimate of drug-likeness (QED) is 0.426. The summed E-state index contributed by atoms with van der Waals surface area (Å²) in [6, 6.07) is 23.4. The van der Waals surface area contributed by atoms with Crippen LogP contribution in [0, 0.1) is 0 Å². The summed E-state index contributed by atoms with van der Waals surface area (Å²) >= 11 is 5.96. The van der Waals surface area contributed by atoms with Crippen molar-refractivity contribution in [3.05, 3.63) is 101 Å². The third-order valence-electron chi connectivity index (χ3n) is 6.20. The van der Waals surface area contributed by atoms with Crippen LogP contribution in [0.4, 0.5) is 0 Å². The molecule has 1 amide bonds. The molecule has 3 aromatic carbocycles. The van der Waals surface area contributed by atoms with Gasteiger partial charge in [-0.15, -0.1) is 0 Å². The Balaban J connectivity index is 1.41. The van der Waals surface area contributed by atoms with Crippen LogP contribution in [0.1, 0.15) is 16.8 Å². The van der Waals surface area contributed by atoms with Gasteiger partial charge in [-0.2, -0.15) is 4.31 Å². The average molecular weight is 494 g/mol. The summed E-state index contributed by atoms with van der Waals surface area (Å²) in [5, 5.41) is 1.55. The first-order chi connectivity index (χ1) is 16.4. The Morgan fingerprint density at radius 2 is 1.68 bits per heavy atom. The lowest BCUT2D eigenvalue weighted by molar-refractivity contribution is -0.132. The number of hydrogen-bond donors (Lipinski definition) is 1. The smallest absolute Gasteiger partial charge is 0.243 e. The Hall–Kier alpha value is -3.13. The second-order valence-electron chi connectivity index (χ2n) is 8.41. The minimum Gasteiger partial charge on any atom is -0.358 e. The van der Waals surface area contributed by atoms with Gasteiger partial charge in [0.15, 0.2) is 0 Å². The number of rotatable bonds is 6. The lowest BCUT2D eigenvalue weighted by Crippen LogP contribution is -2.44. The molecule has 0 unspecified atom stereocenters. The molecule has 34 heavy (non-hydrogen) atoms. The fourth-order valence-corrected chi connectivity index (χ4v) is 5.90. The molecule has 0 spiro atoms. The molecule has 0 radical (unpaired) electrons. The summed E-state index contributed by atoms with van der Waals surface area (Å²) in [4.78, 5) is 18.7. The van der Waals surface area contributed by atoms with Crippen LogP contribution in [0.25, 0.3) is 10.9 Å². The van der Waals surface area contributed by atoms with E-state index < -0.39 is 10.0 Å². The van der Waals surface area contributed by atoms with E-state index in [-0.39, 0.29) is 23.9 Å². The monoisotopic (exact) mass is 493 g/mol. The molecule has 0 atom stereocenters. The molecule has 6 nitrogen and oxygen atoms in total. The van der Waals surface area contributed by atoms with Gasteiger partial charge in [-0.1, -0.05) is 60.1 Å². The number of sulfonamides is 1. The summed E-state index contributed by atoms with van der Waals surface area (Å²) < 4.78 is 28.3. The zero-order valence-corrected chi connectivity index (χ0v) is 20.0. The largest absolute Gasteiger partial charge is 0.358 e. The fraction of sp³-hybridized carbons (Fsp3) is 0.192. The Kier molecular flexibility index (Phi) is 6.16. The average Bonchev–Trinajstić information content (AvgIpc) is 3.22. The SMILES string of the molecule is O=C(CN(Cc1ccccc1)S(=O)(=O)c1ccc(Cl)cc1)N1CCc2[nH]c3ccccc3c2C1. The predicted octanol–water partition coefficient (Wildman–Crippen LogP) is 4.60. The van der Waals surface area contributed by atoms with Gasteiger partial charge < -0.3 is 9.88 Å². The Morgan fingerprint density at radius 3 is 2.44 bits per heavy atom. The normalized spacial score (nSPS) is 13.9. The minimum absolute atomic E-state index is 0.101. The van der Waals surface area contributed by atoms with E-state index in [0.717, 1.165) is 27.7 Å². The summed E-state index contributed by atoms with van der Waals surface area (Å²) in [5.74, 6) is -0.218. The number of hydrogen-bond acceptors (Lipinski definition) is 3. The van der Waals surface area contributed by atoms with Crippen molar-refractivity contribution in [1.82, 2.24) is 14.2 Å². The fourth-order valence-electron chi connectivity index (χ4n) is 4.40. The molecule has 1 aliphatic heterocycles. The third kappa shape index (κ3) is 4.46. The Morgan fingerprint density at radius 1 is 0.971 bits per heavy atom. The molecule has 0 saturated heterocycles.